The van der Waals surface area contributed by atoms with Crippen LogP contribution in [-0.2, 0) is 11.3 Å². The molecule has 146 valence electrons. The SMILES string of the molecule is Cc1ccc(C)c(OCC(=O)N/N=C\c2cc(C)n(Cc3ccco3)c2C)c1. The van der Waals surface area contributed by atoms with Crippen molar-refractivity contribution >= 4 is 12.1 Å². The zero-order valence-corrected chi connectivity index (χ0v) is 16.7. The minimum absolute atomic E-state index is 0.0842. The van der Waals surface area contributed by atoms with Gasteiger partial charge in [0.25, 0.3) is 5.91 Å². The van der Waals surface area contributed by atoms with Gasteiger partial charge in [-0.2, -0.15) is 5.10 Å². The summed E-state index contributed by atoms with van der Waals surface area (Å²) in [5.41, 5.74) is 7.69. The minimum atomic E-state index is -0.304. The number of hydrogen-bond acceptors (Lipinski definition) is 4. The molecule has 0 spiro atoms. The Balaban J connectivity index is 1.57. The van der Waals surface area contributed by atoms with E-state index < -0.39 is 0 Å². The Morgan fingerprint density at radius 2 is 2.04 bits per heavy atom. The standard InChI is InChI=1S/C22H25N3O3/c1-15-7-8-16(2)21(10-15)28-14-22(26)24-23-12-19-11-17(3)25(18(19)4)13-20-6-5-9-27-20/h5-12H,13-14H2,1-4H3,(H,24,26)/b23-12-. The van der Waals surface area contributed by atoms with Gasteiger partial charge in [0.15, 0.2) is 6.61 Å². The largest absolute Gasteiger partial charge is 0.483 e. The molecule has 0 unspecified atom stereocenters. The second-order valence-corrected chi connectivity index (χ2v) is 6.84. The molecule has 3 rings (SSSR count). The van der Waals surface area contributed by atoms with Gasteiger partial charge in [-0.05, 0) is 63.1 Å². The van der Waals surface area contributed by atoms with Gasteiger partial charge in [-0.15, -0.1) is 0 Å². The molecule has 0 bridgehead atoms. The van der Waals surface area contributed by atoms with Crippen LogP contribution in [0.4, 0.5) is 0 Å². The number of rotatable bonds is 7. The van der Waals surface area contributed by atoms with Gasteiger partial charge >= 0.3 is 0 Å². The fraction of sp³-hybridized carbons (Fsp3) is 0.273. The van der Waals surface area contributed by atoms with Crippen LogP contribution in [-0.4, -0.2) is 23.3 Å². The van der Waals surface area contributed by atoms with E-state index in [9.17, 15) is 4.79 Å². The fourth-order valence-electron chi connectivity index (χ4n) is 2.97. The summed E-state index contributed by atoms with van der Waals surface area (Å²) in [5.74, 6) is 1.30. The third-order valence-corrected chi connectivity index (χ3v) is 4.60. The quantitative estimate of drug-likeness (QED) is 0.500. The molecule has 0 aliphatic heterocycles. The van der Waals surface area contributed by atoms with Gasteiger partial charge in [-0.25, -0.2) is 5.43 Å². The lowest BCUT2D eigenvalue weighted by atomic mass is 10.1. The molecule has 6 nitrogen and oxygen atoms in total. The molecular formula is C22H25N3O3. The maximum absolute atomic E-state index is 12.0. The van der Waals surface area contributed by atoms with Crippen molar-refractivity contribution in [3.05, 3.63) is 76.5 Å². The fourth-order valence-corrected chi connectivity index (χ4v) is 2.97. The van der Waals surface area contributed by atoms with Crippen molar-refractivity contribution in [3.63, 3.8) is 0 Å². The maximum Gasteiger partial charge on any atom is 0.277 e. The lowest BCUT2D eigenvalue weighted by Gasteiger charge is -2.09. The number of hydrazone groups is 1. The van der Waals surface area contributed by atoms with Crippen LogP contribution in [0.25, 0.3) is 0 Å². The van der Waals surface area contributed by atoms with Crippen molar-refractivity contribution in [2.75, 3.05) is 6.61 Å². The molecule has 0 saturated carbocycles. The Kier molecular flexibility index (Phi) is 5.99. The van der Waals surface area contributed by atoms with Gasteiger partial charge in [0.05, 0.1) is 19.0 Å². The molecule has 3 aromatic rings. The highest BCUT2D eigenvalue weighted by Gasteiger charge is 2.09. The Morgan fingerprint density at radius 1 is 1.21 bits per heavy atom. The molecule has 28 heavy (non-hydrogen) atoms. The average molecular weight is 379 g/mol. The van der Waals surface area contributed by atoms with Gasteiger partial charge in [0.2, 0.25) is 0 Å². The maximum atomic E-state index is 12.0. The number of amides is 1. The number of aryl methyl sites for hydroxylation is 3. The molecule has 1 aromatic carbocycles. The van der Waals surface area contributed by atoms with E-state index in [-0.39, 0.29) is 12.5 Å². The van der Waals surface area contributed by atoms with Crippen molar-refractivity contribution < 1.29 is 13.9 Å². The highest BCUT2D eigenvalue weighted by molar-refractivity contribution is 5.84. The number of aromatic nitrogens is 1. The molecule has 0 aliphatic carbocycles. The second-order valence-electron chi connectivity index (χ2n) is 6.84. The first-order valence-electron chi connectivity index (χ1n) is 9.15. The van der Waals surface area contributed by atoms with Crippen molar-refractivity contribution in [2.45, 2.75) is 34.2 Å². The van der Waals surface area contributed by atoms with Gasteiger partial charge in [-0.3, -0.25) is 4.79 Å². The van der Waals surface area contributed by atoms with Crippen LogP contribution < -0.4 is 10.2 Å². The Bertz CT molecular complexity index is 985. The monoisotopic (exact) mass is 379 g/mol. The topological polar surface area (TPSA) is 68.8 Å². The summed E-state index contributed by atoms with van der Waals surface area (Å²) in [6.45, 7) is 8.56. The number of furan rings is 1. The van der Waals surface area contributed by atoms with E-state index in [1.54, 1.807) is 12.5 Å². The van der Waals surface area contributed by atoms with E-state index >= 15 is 0 Å². The number of benzene rings is 1. The molecule has 6 heteroatoms. The van der Waals surface area contributed by atoms with Crippen molar-refractivity contribution in [2.24, 2.45) is 5.10 Å². The van der Waals surface area contributed by atoms with E-state index in [4.69, 9.17) is 9.15 Å². The van der Waals surface area contributed by atoms with Crippen molar-refractivity contribution in [1.82, 2.24) is 9.99 Å². The first-order valence-corrected chi connectivity index (χ1v) is 9.15. The number of carbonyl (C=O) groups excluding carboxylic acids is 1. The lowest BCUT2D eigenvalue weighted by Crippen LogP contribution is -2.24. The normalized spacial score (nSPS) is 11.1. The smallest absolute Gasteiger partial charge is 0.277 e. The van der Waals surface area contributed by atoms with Gasteiger partial charge in [0.1, 0.15) is 11.5 Å². The van der Waals surface area contributed by atoms with Crippen LogP contribution in [0.1, 0.15) is 33.8 Å². The van der Waals surface area contributed by atoms with Gasteiger partial charge in [0, 0.05) is 17.0 Å². The molecule has 0 atom stereocenters. The van der Waals surface area contributed by atoms with Crippen LogP contribution in [0.3, 0.4) is 0 Å². The third-order valence-electron chi connectivity index (χ3n) is 4.60. The second kappa shape index (κ2) is 8.61. The molecule has 0 radical (unpaired) electrons. The zero-order chi connectivity index (χ0) is 20.1. The highest BCUT2D eigenvalue weighted by Crippen LogP contribution is 2.19. The van der Waals surface area contributed by atoms with Crippen LogP contribution in [0.5, 0.6) is 5.75 Å². The van der Waals surface area contributed by atoms with Crippen molar-refractivity contribution in [1.29, 1.82) is 0 Å². The van der Waals surface area contributed by atoms with E-state index in [2.05, 4.69) is 15.1 Å². The van der Waals surface area contributed by atoms with Gasteiger partial charge in [-0.1, -0.05) is 12.1 Å². The molecule has 1 N–H and O–H groups in total. The molecule has 2 heterocycles. The number of nitrogens with zero attached hydrogens (tertiary/aromatic N) is 2. The lowest BCUT2D eigenvalue weighted by molar-refractivity contribution is -0.123. The Hall–Kier alpha value is -3.28. The number of ether oxygens (including phenoxy) is 1. The number of hydrogen-bond donors (Lipinski definition) is 1. The minimum Gasteiger partial charge on any atom is -0.483 e. The summed E-state index contributed by atoms with van der Waals surface area (Å²) in [7, 11) is 0. The molecule has 0 fully saturated rings. The van der Waals surface area contributed by atoms with Crippen LogP contribution in [0.15, 0.2) is 52.2 Å². The molecule has 2 aromatic heterocycles. The zero-order valence-electron chi connectivity index (χ0n) is 16.7. The van der Waals surface area contributed by atoms with E-state index in [1.165, 1.54) is 0 Å². The van der Waals surface area contributed by atoms with E-state index in [1.807, 2.05) is 64.1 Å². The van der Waals surface area contributed by atoms with Crippen molar-refractivity contribution in [3.8, 4) is 5.75 Å². The molecule has 1 amide bonds. The van der Waals surface area contributed by atoms with Crippen LogP contribution >= 0.6 is 0 Å². The highest BCUT2D eigenvalue weighted by atomic mass is 16.5. The molecule has 0 aliphatic rings. The molecular weight excluding hydrogens is 354 g/mol. The summed E-state index contributed by atoms with van der Waals surface area (Å²) in [6.07, 6.45) is 3.32. The number of nitrogens with one attached hydrogen (secondary N) is 1. The summed E-state index contributed by atoms with van der Waals surface area (Å²) in [5, 5.41) is 4.06. The Morgan fingerprint density at radius 3 is 2.79 bits per heavy atom. The number of carbonyl (C=O) groups is 1. The average Bonchev–Trinajstić information content (AvgIpc) is 3.27. The predicted octanol–water partition coefficient (Wildman–Crippen LogP) is 3.89. The third kappa shape index (κ3) is 4.71. The first kappa shape index (κ1) is 19.5. The summed E-state index contributed by atoms with van der Waals surface area (Å²) >= 11 is 0. The summed E-state index contributed by atoms with van der Waals surface area (Å²) < 4.78 is 13.2. The Labute approximate surface area is 164 Å². The van der Waals surface area contributed by atoms with Gasteiger partial charge < -0.3 is 13.7 Å². The summed E-state index contributed by atoms with van der Waals surface area (Å²) in [6, 6.07) is 11.7. The predicted molar refractivity (Wildman–Crippen MR) is 109 cm³/mol. The summed E-state index contributed by atoms with van der Waals surface area (Å²) in [4.78, 5) is 12.0. The van der Waals surface area contributed by atoms with E-state index in [0.717, 1.165) is 33.8 Å². The molecule has 0 saturated heterocycles. The van der Waals surface area contributed by atoms with Crippen LogP contribution in [0.2, 0.25) is 0 Å². The first-order chi connectivity index (χ1) is 13.4. The van der Waals surface area contributed by atoms with E-state index in [0.29, 0.717) is 12.3 Å². The van der Waals surface area contributed by atoms with Crippen LogP contribution in [0, 0.1) is 27.7 Å².